The molecule has 0 amide bonds. The van der Waals surface area contributed by atoms with Gasteiger partial charge in [0.1, 0.15) is 0 Å². The van der Waals surface area contributed by atoms with Crippen molar-refractivity contribution < 1.29 is 9.90 Å². The van der Waals surface area contributed by atoms with E-state index >= 15 is 0 Å². The molecule has 0 fully saturated rings. The minimum Gasteiger partial charge on any atom is -0.481 e. The highest BCUT2D eigenvalue weighted by Crippen LogP contribution is 2.48. The molecule has 0 aromatic heterocycles. The highest BCUT2D eigenvalue weighted by atomic mass is 32.2. The summed E-state index contributed by atoms with van der Waals surface area (Å²) in [6, 6.07) is 32.2. The second-order valence-corrected chi connectivity index (χ2v) is 9.75. The highest BCUT2D eigenvalue weighted by molar-refractivity contribution is 8.00. The third-order valence-electron chi connectivity index (χ3n) is 5.49. The van der Waals surface area contributed by atoms with Gasteiger partial charge in [0.2, 0.25) is 0 Å². The predicted octanol–water partition coefficient (Wildman–Crippen LogP) is 7.05. The van der Waals surface area contributed by atoms with E-state index < -0.39 is 5.97 Å². The molecule has 1 N–H and O–H groups in total. The van der Waals surface area contributed by atoms with E-state index in [1.165, 1.54) is 16.7 Å². The van der Waals surface area contributed by atoms with Crippen LogP contribution in [-0.2, 0) is 9.54 Å². The highest BCUT2D eigenvalue weighted by Gasteiger charge is 2.36. The van der Waals surface area contributed by atoms with E-state index in [-0.39, 0.29) is 16.4 Å². The molecule has 0 bridgehead atoms. The van der Waals surface area contributed by atoms with Gasteiger partial charge in [0, 0.05) is 11.7 Å². The number of carbonyl (C=O) groups is 1. The summed E-state index contributed by atoms with van der Waals surface area (Å²) in [5.74, 6) is 0.246. The summed E-state index contributed by atoms with van der Waals surface area (Å²) in [7, 11) is 0. The Bertz CT molecular complexity index is 817. The van der Waals surface area contributed by atoms with E-state index in [9.17, 15) is 4.79 Å². The molecule has 3 rings (SSSR count). The molecule has 1 atom stereocenters. The number of carboxylic acids is 1. The lowest BCUT2D eigenvalue weighted by Gasteiger charge is -2.35. The number of thioether (sulfide) groups is 1. The zero-order chi connectivity index (χ0) is 21.9. The van der Waals surface area contributed by atoms with E-state index in [2.05, 4.69) is 91.0 Å². The first-order valence-electron chi connectivity index (χ1n) is 10.8. The van der Waals surface area contributed by atoms with Gasteiger partial charge in [-0.25, -0.2) is 0 Å². The summed E-state index contributed by atoms with van der Waals surface area (Å²) >= 11 is 6.74. The normalized spacial score (nSPS) is 12.4. The van der Waals surface area contributed by atoms with Gasteiger partial charge in [0.05, 0.1) is 4.75 Å². The lowest BCUT2D eigenvalue weighted by molar-refractivity contribution is -0.137. The number of hydrogen-bond donors (Lipinski definition) is 2. The van der Waals surface area contributed by atoms with Crippen LogP contribution in [0.25, 0.3) is 0 Å². The molecule has 3 aromatic rings. The first-order valence-corrected chi connectivity index (χ1v) is 12.3. The molecule has 0 aliphatic carbocycles. The number of aliphatic carboxylic acids is 1. The third-order valence-corrected chi connectivity index (χ3v) is 7.58. The van der Waals surface area contributed by atoms with E-state index in [0.29, 0.717) is 0 Å². The fourth-order valence-electron chi connectivity index (χ4n) is 3.92. The number of hydrogen-bond acceptors (Lipinski definition) is 3. The van der Waals surface area contributed by atoms with Gasteiger partial charge in [-0.15, -0.1) is 11.8 Å². The van der Waals surface area contributed by atoms with Crippen LogP contribution in [0.5, 0.6) is 0 Å². The largest absolute Gasteiger partial charge is 0.481 e. The van der Waals surface area contributed by atoms with Gasteiger partial charge in [-0.2, -0.15) is 12.6 Å². The molecule has 2 nitrogen and oxygen atoms in total. The van der Waals surface area contributed by atoms with Gasteiger partial charge in [-0.1, -0.05) is 97.4 Å². The average molecular weight is 451 g/mol. The lowest BCUT2D eigenvalue weighted by atomic mass is 9.84. The van der Waals surface area contributed by atoms with Crippen LogP contribution < -0.4 is 0 Å². The van der Waals surface area contributed by atoms with Crippen molar-refractivity contribution in [1.29, 1.82) is 0 Å². The number of rotatable bonds is 12. The Kier molecular flexibility index (Phi) is 9.11. The molecule has 0 heterocycles. The molecular weight excluding hydrogens is 420 g/mol. The lowest BCUT2D eigenvalue weighted by Crippen LogP contribution is -2.26. The molecule has 0 saturated heterocycles. The Hall–Kier alpha value is -2.17. The number of unbranched alkanes of at least 4 members (excludes halogenated alkanes) is 1. The van der Waals surface area contributed by atoms with Crippen LogP contribution in [0.4, 0.5) is 0 Å². The third kappa shape index (κ3) is 6.41. The Morgan fingerprint density at radius 2 is 1.23 bits per heavy atom. The van der Waals surface area contributed by atoms with Crippen LogP contribution in [0.15, 0.2) is 91.0 Å². The van der Waals surface area contributed by atoms with Crippen molar-refractivity contribution in [3.05, 3.63) is 108 Å². The van der Waals surface area contributed by atoms with Crippen LogP contribution in [0.2, 0.25) is 0 Å². The fourth-order valence-corrected chi connectivity index (χ4v) is 6.02. The second-order valence-electron chi connectivity index (χ2n) is 7.71. The van der Waals surface area contributed by atoms with E-state index in [0.717, 1.165) is 31.4 Å². The maximum atomic E-state index is 10.7. The average Bonchev–Trinajstić information content (AvgIpc) is 2.81. The van der Waals surface area contributed by atoms with E-state index in [1.807, 2.05) is 11.8 Å². The first-order chi connectivity index (χ1) is 15.1. The Balaban J connectivity index is 1.82. The van der Waals surface area contributed by atoms with Gasteiger partial charge < -0.3 is 5.11 Å². The molecule has 1 unspecified atom stereocenters. The fraction of sp³-hybridized carbons (Fsp3) is 0.296. The smallest absolute Gasteiger partial charge is 0.303 e. The summed E-state index contributed by atoms with van der Waals surface area (Å²) in [6.07, 6.45) is 3.81. The molecule has 31 heavy (non-hydrogen) atoms. The van der Waals surface area contributed by atoms with Crippen LogP contribution >= 0.6 is 24.4 Å². The minimum absolute atomic E-state index is 0.244. The molecule has 0 spiro atoms. The van der Waals surface area contributed by atoms with Crippen molar-refractivity contribution >= 4 is 30.4 Å². The summed E-state index contributed by atoms with van der Waals surface area (Å²) in [6.45, 7) is 0. The van der Waals surface area contributed by atoms with Crippen LogP contribution in [0.3, 0.4) is 0 Å². The van der Waals surface area contributed by atoms with Gasteiger partial charge >= 0.3 is 5.97 Å². The maximum absolute atomic E-state index is 10.7. The molecule has 0 aliphatic heterocycles. The summed E-state index contributed by atoms with van der Waals surface area (Å²) in [5, 5.41) is 9.09. The van der Waals surface area contributed by atoms with Gasteiger partial charge in [0.15, 0.2) is 0 Å². The van der Waals surface area contributed by atoms with Gasteiger partial charge in [-0.3, -0.25) is 4.79 Å². The van der Waals surface area contributed by atoms with Crippen molar-refractivity contribution in [2.24, 2.45) is 0 Å². The number of benzene rings is 3. The molecule has 0 radical (unpaired) electrons. The van der Waals surface area contributed by atoms with Crippen LogP contribution in [-0.4, -0.2) is 22.1 Å². The second kappa shape index (κ2) is 12.0. The minimum atomic E-state index is -0.718. The van der Waals surface area contributed by atoms with Crippen LogP contribution in [0, 0.1) is 0 Å². The molecule has 4 heteroatoms. The zero-order valence-corrected chi connectivity index (χ0v) is 19.4. The quantitative estimate of drug-likeness (QED) is 0.176. The van der Waals surface area contributed by atoms with Gasteiger partial charge in [-0.05, 0) is 41.7 Å². The molecule has 0 aliphatic rings. The van der Waals surface area contributed by atoms with Crippen molar-refractivity contribution in [3.8, 4) is 0 Å². The molecule has 0 saturated carbocycles. The maximum Gasteiger partial charge on any atom is 0.303 e. The summed E-state index contributed by atoms with van der Waals surface area (Å²) in [5.41, 5.74) is 3.82. The van der Waals surface area contributed by atoms with Crippen LogP contribution in [0.1, 0.15) is 48.8 Å². The molecule has 3 aromatic carbocycles. The van der Waals surface area contributed by atoms with Gasteiger partial charge in [0.25, 0.3) is 0 Å². The van der Waals surface area contributed by atoms with E-state index in [1.54, 1.807) is 0 Å². The SMILES string of the molecule is O=C(O)CCCCC(S)CCSC(c1ccccc1)(c1ccccc1)c1ccccc1. The van der Waals surface area contributed by atoms with Crippen molar-refractivity contribution in [3.63, 3.8) is 0 Å². The Labute approximate surface area is 195 Å². The zero-order valence-electron chi connectivity index (χ0n) is 17.7. The topological polar surface area (TPSA) is 37.3 Å². The summed E-state index contributed by atoms with van der Waals surface area (Å²) in [4.78, 5) is 10.7. The summed E-state index contributed by atoms with van der Waals surface area (Å²) < 4.78 is -0.291. The number of thiol groups is 1. The van der Waals surface area contributed by atoms with Crippen molar-refractivity contribution in [1.82, 2.24) is 0 Å². The Morgan fingerprint density at radius 1 is 0.774 bits per heavy atom. The first kappa shape index (κ1) is 23.5. The van der Waals surface area contributed by atoms with Crippen molar-refractivity contribution in [2.75, 3.05) is 5.75 Å². The monoisotopic (exact) mass is 450 g/mol. The predicted molar refractivity (Wildman–Crippen MR) is 135 cm³/mol. The number of carboxylic acid groups (broad SMARTS) is 1. The molecular formula is C27H30O2S2. The van der Waals surface area contributed by atoms with E-state index in [4.69, 9.17) is 17.7 Å². The van der Waals surface area contributed by atoms with Crippen molar-refractivity contribution in [2.45, 2.75) is 42.1 Å². The molecule has 162 valence electrons. The Morgan fingerprint density at radius 3 is 1.65 bits per heavy atom. The standard InChI is InChI=1S/C27H30O2S2/c28-26(29)19-11-10-18-25(30)20-21-31-27(22-12-4-1-5-13-22,23-14-6-2-7-15-23)24-16-8-3-9-17-24/h1-9,12-17,25,30H,10-11,18-21H2,(H,28,29).